The molecule has 1 heterocycles. The van der Waals surface area contributed by atoms with Gasteiger partial charge >= 0.3 is 0 Å². The highest BCUT2D eigenvalue weighted by Gasteiger charge is 2.23. The third kappa shape index (κ3) is 3.22. The lowest BCUT2D eigenvalue weighted by atomic mass is 10.1. The van der Waals surface area contributed by atoms with Crippen molar-refractivity contribution in [1.29, 1.82) is 0 Å². The molecule has 18 heavy (non-hydrogen) atoms. The Bertz CT molecular complexity index is 412. The predicted octanol–water partition coefficient (Wildman–Crippen LogP) is 3.80. The molecule has 1 aromatic rings. The van der Waals surface area contributed by atoms with Crippen LogP contribution >= 0.6 is 27.7 Å². The number of anilines is 1. The Morgan fingerprint density at radius 1 is 1.33 bits per heavy atom. The standard InChI is InChI=1S/C14H21BrN2S/c1-9-7-17(8-10(2)18-9)14-5-4-12(11(3)16)6-13(14)15/h4-6,9-11H,7-8,16H2,1-3H3/t9?,10?,11-/m1/s1. The number of benzene rings is 1. The molecule has 0 radical (unpaired) electrons. The van der Waals surface area contributed by atoms with Crippen LogP contribution in [0.1, 0.15) is 32.4 Å². The summed E-state index contributed by atoms with van der Waals surface area (Å²) in [5.74, 6) is 0. The van der Waals surface area contributed by atoms with Crippen LogP contribution in [-0.2, 0) is 0 Å². The SMILES string of the molecule is CC1CN(c2ccc([C@@H](C)N)cc2Br)CC(C)S1. The van der Waals surface area contributed by atoms with Gasteiger partial charge in [-0.2, -0.15) is 11.8 Å². The Labute approximate surface area is 122 Å². The third-order valence-corrected chi connectivity index (χ3v) is 5.12. The Morgan fingerprint density at radius 2 is 1.94 bits per heavy atom. The van der Waals surface area contributed by atoms with Gasteiger partial charge in [-0.05, 0) is 40.5 Å². The van der Waals surface area contributed by atoms with Crippen LogP contribution in [0, 0.1) is 0 Å². The lowest BCUT2D eigenvalue weighted by Gasteiger charge is -2.36. The first-order chi connectivity index (χ1) is 8.47. The monoisotopic (exact) mass is 328 g/mol. The zero-order chi connectivity index (χ0) is 13.3. The molecule has 1 aliphatic heterocycles. The van der Waals surface area contributed by atoms with Gasteiger partial charge in [0.25, 0.3) is 0 Å². The molecular weight excluding hydrogens is 308 g/mol. The Balaban J connectivity index is 2.22. The van der Waals surface area contributed by atoms with Crippen LogP contribution in [0.15, 0.2) is 22.7 Å². The average Bonchev–Trinajstić information content (AvgIpc) is 2.27. The van der Waals surface area contributed by atoms with Crippen LogP contribution in [0.25, 0.3) is 0 Å². The average molecular weight is 329 g/mol. The van der Waals surface area contributed by atoms with Gasteiger partial charge in [-0.25, -0.2) is 0 Å². The van der Waals surface area contributed by atoms with E-state index in [-0.39, 0.29) is 6.04 Å². The minimum absolute atomic E-state index is 0.0881. The van der Waals surface area contributed by atoms with E-state index in [1.54, 1.807) is 0 Å². The molecule has 0 bridgehead atoms. The largest absolute Gasteiger partial charge is 0.368 e. The molecule has 2 nitrogen and oxygen atoms in total. The van der Waals surface area contributed by atoms with Crippen molar-refractivity contribution in [2.75, 3.05) is 18.0 Å². The summed E-state index contributed by atoms with van der Waals surface area (Å²) in [4.78, 5) is 2.47. The maximum atomic E-state index is 5.92. The van der Waals surface area contributed by atoms with E-state index in [0.29, 0.717) is 10.5 Å². The minimum atomic E-state index is 0.0881. The summed E-state index contributed by atoms with van der Waals surface area (Å²) in [6.45, 7) is 8.86. The van der Waals surface area contributed by atoms with Crippen molar-refractivity contribution in [3.05, 3.63) is 28.2 Å². The smallest absolute Gasteiger partial charge is 0.0511 e. The van der Waals surface area contributed by atoms with Crippen LogP contribution < -0.4 is 10.6 Å². The summed E-state index contributed by atoms with van der Waals surface area (Å²) in [6, 6.07) is 6.57. The summed E-state index contributed by atoms with van der Waals surface area (Å²) in [5.41, 5.74) is 8.39. The highest BCUT2D eigenvalue weighted by molar-refractivity contribution is 9.10. The minimum Gasteiger partial charge on any atom is -0.368 e. The highest BCUT2D eigenvalue weighted by atomic mass is 79.9. The summed E-state index contributed by atoms with van der Waals surface area (Å²) in [7, 11) is 0. The fraction of sp³-hybridized carbons (Fsp3) is 0.571. The second kappa shape index (κ2) is 5.85. The number of thioether (sulfide) groups is 1. The number of nitrogens with zero attached hydrogens (tertiary/aromatic N) is 1. The van der Waals surface area contributed by atoms with E-state index < -0.39 is 0 Å². The molecule has 100 valence electrons. The maximum absolute atomic E-state index is 5.92. The van der Waals surface area contributed by atoms with Crippen molar-refractivity contribution < 1.29 is 0 Å². The summed E-state index contributed by atoms with van der Waals surface area (Å²) in [6.07, 6.45) is 0. The molecule has 1 aromatic carbocycles. The van der Waals surface area contributed by atoms with E-state index in [1.165, 1.54) is 11.3 Å². The fourth-order valence-electron chi connectivity index (χ4n) is 2.44. The number of halogens is 1. The molecule has 0 aromatic heterocycles. The third-order valence-electron chi connectivity index (χ3n) is 3.26. The van der Waals surface area contributed by atoms with Crippen LogP contribution in [0.3, 0.4) is 0 Å². The highest BCUT2D eigenvalue weighted by Crippen LogP contribution is 2.34. The zero-order valence-corrected chi connectivity index (χ0v) is 13.6. The summed E-state index contributed by atoms with van der Waals surface area (Å²) in [5, 5.41) is 1.38. The number of nitrogens with two attached hydrogens (primary N) is 1. The molecule has 0 aliphatic carbocycles. The van der Waals surface area contributed by atoms with E-state index in [1.807, 2.05) is 6.92 Å². The first kappa shape index (κ1) is 14.2. The fourth-order valence-corrected chi connectivity index (χ4v) is 4.41. The normalized spacial score (nSPS) is 26.2. The molecule has 2 N–H and O–H groups in total. The van der Waals surface area contributed by atoms with Gasteiger partial charge in [-0.3, -0.25) is 0 Å². The molecule has 4 heteroatoms. The lowest BCUT2D eigenvalue weighted by Crippen LogP contribution is -2.40. The molecule has 2 rings (SSSR count). The van der Waals surface area contributed by atoms with E-state index >= 15 is 0 Å². The van der Waals surface area contributed by atoms with Crippen molar-refractivity contribution >= 4 is 33.4 Å². The van der Waals surface area contributed by atoms with Gasteiger partial charge in [-0.1, -0.05) is 19.9 Å². The molecular formula is C14H21BrN2S. The van der Waals surface area contributed by atoms with Gasteiger partial charge in [0.05, 0.1) is 5.69 Å². The second-order valence-corrected chi connectivity index (χ2v) is 7.90. The Morgan fingerprint density at radius 3 is 2.44 bits per heavy atom. The molecule has 0 amide bonds. The van der Waals surface area contributed by atoms with Crippen LogP contribution in [0.4, 0.5) is 5.69 Å². The van der Waals surface area contributed by atoms with Crippen molar-refractivity contribution in [3.8, 4) is 0 Å². The van der Waals surface area contributed by atoms with E-state index in [9.17, 15) is 0 Å². The Hall–Kier alpha value is -0.190. The van der Waals surface area contributed by atoms with Gasteiger partial charge in [-0.15, -0.1) is 0 Å². The topological polar surface area (TPSA) is 29.3 Å². The molecule has 0 spiro atoms. The second-order valence-electron chi connectivity index (χ2n) is 5.16. The van der Waals surface area contributed by atoms with Gasteiger partial charge < -0.3 is 10.6 Å². The van der Waals surface area contributed by atoms with E-state index in [4.69, 9.17) is 5.73 Å². The molecule has 1 aliphatic rings. The quantitative estimate of drug-likeness (QED) is 0.895. The van der Waals surface area contributed by atoms with Crippen LogP contribution in [-0.4, -0.2) is 23.6 Å². The van der Waals surface area contributed by atoms with Crippen molar-refractivity contribution in [2.24, 2.45) is 5.73 Å². The summed E-state index contributed by atoms with van der Waals surface area (Å²) >= 11 is 5.76. The number of hydrogen-bond donors (Lipinski definition) is 1. The summed E-state index contributed by atoms with van der Waals surface area (Å²) < 4.78 is 1.16. The van der Waals surface area contributed by atoms with E-state index in [0.717, 1.165) is 17.6 Å². The zero-order valence-electron chi connectivity index (χ0n) is 11.2. The van der Waals surface area contributed by atoms with Gasteiger partial charge in [0.15, 0.2) is 0 Å². The van der Waals surface area contributed by atoms with Gasteiger partial charge in [0.2, 0.25) is 0 Å². The van der Waals surface area contributed by atoms with Crippen molar-refractivity contribution in [2.45, 2.75) is 37.3 Å². The number of hydrogen-bond acceptors (Lipinski definition) is 3. The first-order valence-electron chi connectivity index (χ1n) is 6.43. The number of rotatable bonds is 2. The van der Waals surface area contributed by atoms with Gasteiger partial charge in [0.1, 0.15) is 0 Å². The molecule has 0 saturated carbocycles. The lowest BCUT2D eigenvalue weighted by molar-refractivity contribution is 0.726. The van der Waals surface area contributed by atoms with Crippen molar-refractivity contribution in [1.82, 2.24) is 0 Å². The van der Waals surface area contributed by atoms with E-state index in [2.05, 4.69) is 64.6 Å². The first-order valence-corrected chi connectivity index (χ1v) is 8.16. The molecule has 1 saturated heterocycles. The molecule has 3 atom stereocenters. The van der Waals surface area contributed by atoms with Gasteiger partial charge in [0, 0.05) is 34.1 Å². The maximum Gasteiger partial charge on any atom is 0.0511 e. The Kier molecular flexibility index (Phi) is 4.62. The predicted molar refractivity (Wildman–Crippen MR) is 85.5 cm³/mol. The van der Waals surface area contributed by atoms with Crippen LogP contribution in [0.2, 0.25) is 0 Å². The molecule has 2 unspecified atom stereocenters. The van der Waals surface area contributed by atoms with Crippen LogP contribution in [0.5, 0.6) is 0 Å². The molecule has 1 fully saturated rings. The van der Waals surface area contributed by atoms with Crippen molar-refractivity contribution in [3.63, 3.8) is 0 Å².